The van der Waals surface area contributed by atoms with Crippen molar-refractivity contribution in [2.24, 2.45) is 7.05 Å². The number of aromatic nitrogens is 4. The van der Waals surface area contributed by atoms with Crippen LogP contribution in [-0.2, 0) is 29.4 Å². The monoisotopic (exact) mass is 419 g/mol. The van der Waals surface area contributed by atoms with Gasteiger partial charge >= 0.3 is 6.18 Å². The van der Waals surface area contributed by atoms with Crippen molar-refractivity contribution in [3.8, 4) is 17.6 Å². The third-order valence-corrected chi connectivity index (χ3v) is 6.45. The fourth-order valence-electron chi connectivity index (χ4n) is 3.24. The summed E-state index contributed by atoms with van der Waals surface area (Å²) in [6.07, 6.45) is -0.753. The molecular formula is C19H16F3N5OS. The van der Waals surface area contributed by atoms with Gasteiger partial charge in [-0.25, -0.2) is 9.97 Å². The fraction of sp³-hybridized carbons (Fsp3) is 0.368. The van der Waals surface area contributed by atoms with Crippen LogP contribution in [0.5, 0.6) is 0 Å². The van der Waals surface area contributed by atoms with E-state index in [2.05, 4.69) is 21.0 Å². The zero-order chi connectivity index (χ0) is 21.0. The summed E-state index contributed by atoms with van der Waals surface area (Å²) in [7, 11) is 0.226. The summed E-state index contributed by atoms with van der Waals surface area (Å²) >= 11 is 0. The van der Waals surface area contributed by atoms with Crippen LogP contribution in [0, 0.1) is 11.3 Å². The molecule has 1 aliphatic carbocycles. The van der Waals surface area contributed by atoms with E-state index in [1.165, 1.54) is 4.57 Å². The summed E-state index contributed by atoms with van der Waals surface area (Å²) in [4.78, 5) is 13.0. The van der Waals surface area contributed by atoms with E-state index in [1.807, 2.05) is 0 Å². The molecule has 0 saturated heterocycles. The topological polar surface area (TPSA) is 84.5 Å². The van der Waals surface area contributed by atoms with Crippen LogP contribution in [0.4, 0.5) is 13.2 Å². The molecule has 3 aromatic rings. The number of hydrogen-bond acceptors (Lipinski definition) is 5. The second kappa shape index (κ2) is 6.62. The number of imidazole rings is 1. The smallest absolute Gasteiger partial charge is 0.310 e. The first-order valence-corrected chi connectivity index (χ1v) is 10.2. The maximum atomic E-state index is 13.0. The van der Waals surface area contributed by atoms with Gasteiger partial charge in [0.15, 0.2) is 11.5 Å². The molecule has 10 heteroatoms. The second-order valence-corrected chi connectivity index (χ2v) is 8.67. The van der Waals surface area contributed by atoms with Crippen molar-refractivity contribution < 1.29 is 17.4 Å². The largest absolute Gasteiger partial charge is 0.417 e. The highest BCUT2D eigenvalue weighted by Gasteiger charge is 2.45. The summed E-state index contributed by atoms with van der Waals surface area (Å²) in [6.45, 7) is 1.76. The molecule has 29 heavy (non-hydrogen) atoms. The molecule has 0 aromatic carbocycles. The van der Waals surface area contributed by atoms with E-state index in [0.29, 0.717) is 21.9 Å². The molecule has 150 valence electrons. The highest BCUT2D eigenvalue weighted by molar-refractivity contribution is 7.85. The third-order valence-electron chi connectivity index (χ3n) is 5.12. The summed E-state index contributed by atoms with van der Waals surface area (Å²) in [6, 6.07) is 4.94. The van der Waals surface area contributed by atoms with E-state index in [9.17, 15) is 22.6 Å². The lowest BCUT2D eigenvalue weighted by Crippen LogP contribution is -2.09. The van der Waals surface area contributed by atoms with Crippen LogP contribution in [0.3, 0.4) is 0 Å². The maximum absolute atomic E-state index is 13.0. The summed E-state index contributed by atoms with van der Waals surface area (Å²) in [5.41, 5.74) is -0.114. The molecule has 0 amide bonds. The molecule has 0 spiro atoms. The van der Waals surface area contributed by atoms with Crippen LogP contribution in [0.25, 0.3) is 22.7 Å². The Kier molecular flexibility index (Phi) is 4.46. The molecule has 0 aliphatic heterocycles. The van der Waals surface area contributed by atoms with Crippen LogP contribution in [0.2, 0.25) is 0 Å². The lowest BCUT2D eigenvalue weighted by Gasteiger charge is -2.12. The van der Waals surface area contributed by atoms with E-state index < -0.39 is 28.0 Å². The van der Waals surface area contributed by atoms with Gasteiger partial charge in [-0.15, -0.1) is 0 Å². The van der Waals surface area contributed by atoms with Gasteiger partial charge < -0.3 is 4.57 Å². The molecule has 1 saturated carbocycles. The number of aryl methyl sites for hydroxylation is 1. The molecule has 6 nitrogen and oxygen atoms in total. The highest BCUT2D eigenvalue weighted by Crippen LogP contribution is 2.48. The lowest BCUT2D eigenvalue weighted by atomic mass is 9.99. The minimum Gasteiger partial charge on any atom is -0.310 e. The molecular weight excluding hydrogens is 403 g/mol. The average Bonchev–Trinajstić information content (AvgIpc) is 3.44. The molecule has 1 fully saturated rings. The van der Waals surface area contributed by atoms with E-state index in [-0.39, 0.29) is 17.0 Å². The molecule has 4 rings (SSSR count). The van der Waals surface area contributed by atoms with Gasteiger partial charge in [0.2, 0.25) is 0 Å². The van der Waals surface area contributed by atoms with Gasteiger partial charge in [0.1, 0.15) is 11.2 Å². The fourth-order valence-corrected chi connectivity index (χ4v) is 4.17. The Balaban J connectivity index is 1.90. The molecule has 0 N–H and O–H groups in total. The number of fused-ring (bicyclic) bond motifs is 1. The Morgan fingerprint density at radius 2 is 2.00 bits per heavy atom. The Morgan fingerprint density at radius 3 is 2.59 bits per heavy atom. The minimum absolute atomic E-state index is 0.0760. The Hall–Kier alpha value is -2.80. The van der Waals surface area contributed by atoms with E-state index in [1.54, 1.807) is 26.2 Å². The second-order valence-electron chi connectivity index (χ2n) is 6.96. The highest BCUT2D eigenvalue weighted by atomic mass is 32.2. The van der Waals surface area contributed by atoms with Gasteiger partial charge in [-0.2, -0.15) is 18.4 Å². The zero-order valence-corrected chi connectivity index (χ0v) is 16.4. The molecule has 1 atom stereocenters. The first kappa shape index (κ1) is 19.5. The van der Waals surface area contributed by atoms with E-state index in [4.69, 9.17) is 0 Å². The average molecular weight is 419 g/mol. The number of nitriles is 1. The number of rotatable bonds is 4. The molecule has 3 aromatic heterocycles. The van der Waals surface area contributed by atoms with Crippen molar-refractivity contribution in [3.63, 3.8) is 0 Å². The standard InChI is InChI=1S/C19H16F3N5OS/c1-3-29(28)14-7-11(18(10-23)4-5-18)8-24-15(14)17-26-13-6-12(19(20,21)22)9-25-16(13)27(17)2/h6-9H,3-5H2,1-2H3/t29-/m0/s1. The summed E-state index contributed by atoms with van der Waals surface area (Å²) < 4.78 is 53.2. The number of halogens is 3. The normalized spacial score (nSPS) is 16.6. The van der Waals surface area contributed by atoms with Gasteiger partial charge in [-0.05, 0) is 30.5 Å². The zero-order valence-electron chi connectivity index (χ0n) is 15.6. The summed E-state index contributed by atoms with van der Waals surface area (Å²) in [5.74, 6) is 0.606. The third kappa shape index (κ3) is 3.19. The molecule has 0 unspecified atom stereocenters. The number of nitrogens with zero attached hydrogens (tertiary/aromatic N) is 5. The summed E-state index contributed by atoms with van der Waals surface area (Å²) in [5, 5.41) is 9.44. The molecule has 0 bridgehead atoms. The SMILES string of the molecule is CC[S@](=O)c1cc(C2(C#N)CC2)cnc1-c1nc2cc(C(F)(F)F)cnc2n1C. The van der Waals surface area contributed by atoms with Crippen molar-refractivity contribution in [2.45, 2.75) is 36.3 Å². The van der Waals surface area contributed by atoms with Crippen molar-refractivity contribution in [2.75, 3.05) is 5.75 Å². The Bertz CT molecular complexity index is 1190. The van der Waals surface area contributed by atoms with Gasteiger partial charge in [0, 0.05) is 25.2 Å². The molecule has 1 aliphatic rings. The van der Waals surface area contributed by atoms with Crippen molar-refractivity contribution in [1.29, 1.82) is 5.26 Å². The van der Waals surface area contributed by atoms with Crippen LogP contribution < -0.4 is 0 Å². The minimum atomic E-state index is -4.52. The predicted molar refractivity (Wildman–Crippen MR) is 100 cm³/mol. The van der Waals surface area contributed by atoms with Crippen LogP contribution in [0.15, 0.2) is 29.4 Å². The first-order valence-electron chi connectivity index (χ1n) is 8.90. The Morgan fingerprint density at radius 1 is 1.28 bits per heavy atom. The van der Waals surface area contributed by atoms with Crippen LogP contribution in [-0.4, -0.2) is 29.5 Å². The number of pyridine rings is 2. The van der Waals surface area contributed by atoms with E-state index in [0.717, 1.165) is 25.1 Å². The van der Waals surface area contributed by atoms with Gasteiger partial charge in [-0.1, -0.05) is 6.92 Å². The molecule has 0 radical (unpaired) electrons. The van der Waals surface area contributed by atoms with Gasteiger partial charge in [0.05, 0.1) is 32.7 Å². The maximum Gasteiger partial charge on any atom is 0.417 e. The van der Waals surface area contributed by atoms with Crippen molar-refractivity contribution >= 4 is 22.0 Å². The number of alkyl halides is 3. The number of hydrogen-bond donors (Lipinski definition) is 0. The van der Waals surface area contributed by atoms with Crippen molar-refractivity contribution in [3.05, 3.63) is 35.7 Å². The van der Waals surface area contributed by atoms with Crippen LogP contribution >= 0.6 is 0 Å². The van der Waals surface area contributed by atoms with Gasteiger partial charge in [0.25, 0.3) is 0 Å². The first-order chi connectivity index (χ1) is 13.7. The van der Waals surface area contributed by atoms with Gasteiger partial charge in [-0.3, -0.25) is 9.19 Å². The van der Waals surface area contributed by atoms with E-state index >= 15 is 0 Å². The van der Waals surface area contributed by atoms with Crippen molar-refractivity contribution in [1.82, 2.24) is 19.5 Å². The van der Waals surface area contributed by atoms with Crippen LogP contribution in [0.1, 0.15) is 30.9 Å². The lowest BCUT2D eigenvalue weighted by molar-refractivity contribution is -0.137. The Labute approximate surface area is 166 Å². The predicted octanol–water partition coefficient (Wildman–Crippen LogP) is 3.73. The quantitative estimate of drug-likeness (QED) is 0.643. The molecule has 3 heterocycles.